The van der Waals surface area contributed by atoms with E-state index in [0.29, 0.717) is 47.5 Å². The van der Waals surface area contributed by atoms with Gasteiger partial charge in [-0.15, -0.1) is 0 Å². The van der Waals surface area contributed by atoms with Crippen molar-refractivity contribution in [3.05, 3.63) is 52.3 Å². The third-order valence-electron chi connectivity index (χ3n) is 3.99. The Morgan fingerprint density at radius 3 is 2.60 bits per heavy atom. The van der Waals surface area contributed by atoms with Crippen molar-refractivity contribution in [3.63, 3.8) is 0 Å². The fraction of sp³-hybridized carbons (Fsp3) is 0.235. The van der Waals surface area contributed by atoms with Crippen LogP contribution in [0.1, 0.15) is 10.4 Å². The van der Waals surface area contributed by atoms with E-state index >= 15 is 0 Å². The zero-order valence-electron chi connectivity index (χ0n) is 13.3. The van der Waals surface area contributed by atoms with Crippen molar-refractivity contribution in [2.75, 3.05) is 36.4 Å². The lowest BCUT2D eigenvalue weighted by Gasteiger charge is -2.34. The van der Waals surface area contributed by atoms with Crippen LogP contribution in [-0.4, -0.2) is 48.4 Å². The maximum Gasteiger partial charge on any atom is 0.257 e. The van der Waals surface area contributed by atoms with Crippen LogP contribution in [0.2, 0.25) is 10.0 Å². The molecule has 0 aliphatic carbocycles. The summed E-state index contributed by atoms with van der Waals surface area (Å²) in [7, 11) is 0. The Bertz CT molecular complexity index is 792. The molecule has 0 radical (unpaired) electrons. The van der Waals surface area contributed by atoms with Crippen LogP contribution in [0, 0.1) is 0 Å². The number of nitrogens with one attached hydrogen (secondary N) is 1. The van der Waals surface area contributed by atoms with E-state index in [1.807, 2.05) is 0 Å². The molecular formula is C17H16Cl2N4O2. The van der Waals surface area contributed by atoms with Gasteiger partial charge in [0.1, 0.15) is 0 Å². The molecule has 0 unspecified atom stereocenters. The third kappa shape index (κ3) is 4.21. The van der Waals surface area contributed by atoms with Crippen LogP contribution >= 0.6 is 23.2 Å². The van der Waals surface area contributed by atoms with E-state index in [-0.39, 0.29) is 5.91 Å². The highest BCUT2D eigenvalue weighted by Crippen LogP contribution is 2.26. The maximum atomic E-state index is 12.5. The summed E-state index contributed by atoms with van der Waals surface area (Å²) in [5.41, 5.74) is 1.71. The van der Waals surface area contributed by atoms with Gasteiger partial charge in [0.25, 0.3) is 5.91 Å². The first-order valence-electron chi connectivity index (χ1n) is 7.72. The van der Waals surface area contributed by atoms with E-state index in [1.165, 1.54) is 6.20 Å². The molecule has 8 heteroatoms. The Kier molecular flexibility index (Phi) is 5.40. The molecule has 0 atom stereocenters. The number of nitrogens with zero attached hydrogens (tertiary/aromatic N) is 3. The summed E-state index contributed by atoms with van der Waals surface area (Å²) < 4.78 is 0. The van der Waals surface area contributed by atoms with E-state index in [2.05, 4.69) is 15.2 Å². The molecular weight excluding hydrogens is 363 g/mol. The molecule has 6 nitrogen and oxygen atoms in total. The molecule has 0 spiro atoms. The van der Waals surface area contributed by atoms with Gasteiger partial charge in [-0.05, 0) is 24.3 Å². The molecule has 1 aromatic heterocycles. The van der Waals surface area contributed by atoms with Gasteiger partial charge in [-0.1, -0.05) is 23.2 Å². The predicted octanol–water partition coefficient (Wildman–Crippen LogP) is 2.92. The molecule has 3 rings (SSSR count). The van der Waals surface area contributed by atoms with Crippen molar-refractivity contribution in [3.8, 4) is 0 Å². The summed E-state index contributed by atoms with van der Waals surface area (Å²) in [4.78, 5) is 31.3. The molecule has 25 heavy (non-hydrogen) atoms. The summed E-state index contributed by atoms with van der Waals surface area (Å²) in [6.45, 7) is 2.70. The smallest absolute Gasteiger partial charge is 0.257 e. The first-order chi connectivity index (χ1) is 12.1. The molecule has 0 bridgehead atoms. The predicted molar refractivity (Wildman–Crippen MR) is 98.5 cm³/mol. The summed E-state index contributed by atoms with van der Waals surface area (Å²) in [6, 6.07) is 6.65. The second-order valence-corrected chi connectivity index (χ2v) is 6.48. The second-order valence-electron chi connectivity index (χ2n) is 5.64. The molecule has 1 fully saturated rings. The number of halogens is 2. The third-order valence-corrected chi connectivity index (χ3v) is 4.56. The largest absolute Gasteiger partial charge is 0.367 e. The Balaban J connectivity index is 1.73. The van der Waals surface area contributed by atoms with Gasteiger partial charge in [0.15, 0.2) is 0 Å². The first kappa shape index (κ1) is 17.5. The van der Waals surface area contributed by atoms with Crippen LogP contribution in [0.4, 0.5) is 11.4 Å². The second kappa shape index (κ2) is 7.72. The number of hydrogen-bond donors (Lipinski definition) is 1. The molecule has 2 amide bonds. The molecule has 2 aromatic rings. The van der Waals surface area contributed by atoms with Gasteiger partial charge in [-0.25, -0.2) is 0 Å². The quantitative estimate of drug-likeness (QED) is 0.830. The minimum absolute atomic E-state index is 0.315. The van der Waals surface area contributed by atoms with Gasteiger partial charge < -0.3 is 15.1 Å². The molecule has 1 saturated heterocycles. The normalized spacial score (nSPS) is 14.3. The van der Waals surface area contributed by atoms with E-state index in [0.717, 1.165) is 12.1 Å². The Morgan fingerprint density at radius 2 is 1.88 bits per heavy atom. The van der Waals surface area contributed by atoms with Gasteiger partial charge in [-0.3, -0.25) is 14.6 Å². The number of pyridine rings is 1. The summed E-state index contributed by atoms with van der Waals surface area (Å²) in [5.74, 6) is -0.315. The maximum absolute atomic E-state index is 12.5. The Morgan fingerprint density at radius 1 is 1.12 bits per heavy atom. The topological polar surface area (TPSA) is 65.5 Å². The van der Waals surface area contributed by atoms with Crippen LogP contribution in [0.3, 0.4) is 0 Å². The number of aromatic nitrogens is 1. The fourth-order valence-corrected chi connectivity index (χ4v) is 2.94. The van der Waals surface area contributed by atoms with Crippen LogP contribution < -0.4 is 10.2 Å². The number of piperazine rings is 1. The van der Waals surface area contributed by atoms with Crippen LogP contribution in [0.15, 0.2) is 36.7 Å². The van der Waals surface area contributed by atoms with Crippen molar-refractivity contribution in [2.24, 2.45) is 0 Å². The lowest BCUT2D eigenvalue weighted by molar-refractivity contribution is -0.118. The van der Waals surface area contributed by atoms with Crippen molar-refractivity contribution in [1.82, 2.24) is 9.88 Å². The Hall–Kier alpha value is -2.31. The van der Waals surface area contributed by atoms with Crippen LogP contribution in [-0.2, 0) is 4.79 Å². The summed E-state index contributed by atoms with van der Waals surface area (Å²) >= 11 is 12.0. The zero-order valence-corrected chi connectivity index (χ0v) is 14.8. The van der Waals surface area contributed by atoms with Crippen LogP contribution in [0.5, 0.6) is 0 Å². The highest BCUT2D eigenvalue weighted by atomic mass is 35.5. The monoisotopic (exact) mass is 378 g/mol. The zero-order chi connectivity index (χ0) is 17.8. The van der Waals surface area contributed by atoms with Crippen molar-refractivity contribution in [1.29, 1.82) is 0 Å². The fourth-order valence-electron chi connectivity index (χ4n) is 2.60. The minimum atomic E-state index is -0.315. The van der Waals surface area contributed by atoms with Crippen molar-refractivity contribution in [2.45, 2.75) is 0 Å². The lowest BCUT2D eigenvalue weighted by atomic mass is 10.2. The van der Waals surface area contributed by atoms with Crippen molar-refractivity contribution >= 4 is 46.9 Å². The summed E-state index contributed by atoms with van der Waals surface area (Å²) in [6.07, 6.45) is 4.06. The molecule has 1 aromatic carbocycles. The molecule has 1 aliphatic rings. The van der Waals surface area contributed by atoms with Gasteiger partial charge in [0, 0.05) is 37.4 Å². The minimum Gasteiger partial charge on any atom is -0.367 e. The first-order valence-corrected chi connectivity index (χ1v) is 8.48. The number of anilines is 2. The van der Waals surface area contributed by atoms with E-state index in [4.69, 9.17) is 23.2 Å². The number of benzene rings is 1. The molecule has 130 valence electrons. The van der Waals surface area contributed by atoms with E-state index in [1.54, 1.807) is 35.4 Å². The molecule has 0 saturated carbocycles. The van der Waals surface area contributed by atoms with Gasteiger partial charge >= 0.3 is 0 Å². The van der Waals surface area contributed by atoms with E-state index < -0.39 is 0 Å². The standard InChI is InChI=1S/C17H16Cl2N4O2/c18-13-1-2-15(19)16(8-13)21-17(25)12-7-14(10-20-9-12)23-5-3-22(11-24)4-6-23/h1-2,7-11H,3-6H2,(H,21,25). The number of carbonyl (C=O) groups excluding carboxylic acids is 2. The lowest BCUT2D eigenvalue weighted by Crippen LogP contribution is -2.45. The van der Waals surface area contributed by atoms with Gasteiger partial charge in [0.2, 0.25) is 6.41 Å². The van der Waals surface area contributed by atoms with E-state index in [9.17, 15) is 9.59 Å². The highest BCUT2D eigenvalue weighted by molar-refractivity contribution is 6.35. The number of rotatable bonds is 4. The average Bonchev–Trinajstić information content (AvgIpc) is 2.65. The average molecular weight is 379 g/mol. The number of carbonyl (C=O) groups is 2. The van der Waals surface area contributed by atoms with Crippen molar-refractivity contribution < 1.29 is 9.59 Å². The SMILES string of the molecule is O=CN1CCN(c2cncc(C(=O)Nc3cc(Cl)ccc3Cl)c2)CC1. The molecule has 1 N–H and O–H groups in total. The number of amides is 2. The summed E-state index contributed by atoms with van der Waals surface area (Å²) in [5, 5.41) is 3.64. The number of hydrogen-bond acceptors (Lipinski definition) is 4. The molecule has 1 aliphatic heterocycles. The van der Waals surface area contributed by atoms with Crippen LogP contribution in [0.25, 0.3) is 0 Å². The van der Waals surface area contributed by atoms with Gasteiger partial charge in [0.05, 0.1) is 28.2 Å². The van der Waals surface area contributed by atoms with Gasteiger partial charge in [-0.2, -0.15) is 0 Å². The Labute approximate surface area is 155 Å². The highest BCUT2D eigenvalue weighted by Gasteiger charge is 2.17. The molecule has 2 heterocycles.